The number of piperidine rings is 1. The summed E-state index contributed by atoms with van der Waals surface area (Å²) in [5, 5.41) is 6.37. The molecule has 0 aliphatic carbocycles. The zero-order valence-electron chi connectivity index (χ0n) is 12.1. The summed E-state index contributed by atoms with van der Waals surface area (Å²) in [4.78, 5) is 14.4. The van der Waals surface area contributed by atoms with Gasteiger partial charge < -0.3 is 15.4 Å². The Kier molecular flexibility index (Phi) is 10.6. The number of rotatable bonds is 4. The number of nitrogens with zero attached hydrogens (tertiary/aromatic N) is 1. The van der Waals surface area contributed by atoms with E-state index in [1.807, 2.05) is 0 Å². The standard InChI is InChI=1S/C13H25N3O2.2ClH/c1-11(16-5-7-18-8-6-16)9-15-13(17)12-3-2-4-14-10-12;;/h11-12,14H,2-10H2,1H3,(H,15,17);2*1H. The van der Waals surface area contributed by atoms with Crippen LogP contribution in [0.25, 0.3) is 0 Å². The van der Waals surface area contributed by atoms with Crippen LogP contribution in [0.4, 0.5) is 0 Å². The lowest BCUT2D eigenvalue weighted by Gasteiger charge is -2.32. The molecule has 2 aliphatic rings. The number of amides is 1. The van der Waals surface area contributed by atoms with Crippen molar-refractivity contribution in [3.8, 4) is 0 Å². The fourth-order valence-electron chi connectivity index (χ4n) is 2.62. The highest BCUT2D eigenvalue weighted by Gasteiger charge is 2.22. The predicted octanol–water partition coefficient (Wildman–Crippen LogP) is 0.666. The van der Waals surface area contributed by atoms with Crippen molar-refractivity contribution in [2.24, 2.45) is 5.92 Å². The van der Waals surface area contributed by atoms with Crippen molar-refractivity contribution >= 4 is 30.7 Å². The van der Waals surface area contributed by atoms with Gasteiger partial charge in [-0.25, -0.2) is 0 Å². The van der Waals surface area contributed by atoms with Gasteiger partial charge in [-0.3, -0.25) is 9.69 Å². The molecule has 120 valence electrons. The average Bonchev–Trinajstić information content (AvgIpc) is 2.46. The summed E-state index contributed by atoms with van der Waals surface area (Å²) < 4.78 is 5.33. The number of hydrogen-bond donors (Lipinski definition) is 2. The van der Waals surface area contributed by atoms with Gasteiger partial charge in [0.1, 0.15) is 0 Å². The molecule has 0 aromatic heterocycles. The molecule has 2 fully saturated rings. The molecule has 2 aliphatic heterocycles. The number of carbonyl (C=O) groups is 1. The van der Waals surface area contributed by atoms with Gasteiger partial charge in [0.25, 0.3) is 0 Å². The second-order valence-corrected chi connectivity index (χ2v) is 5.29. The van der Waals surface area contributed by atoms with E-state index in [9.17, 15) is 4.79 Å². The lowest BCUT2D eigenvalue weighted by atomic mass is 9.99. The Morgan fingerprint density at radius 3 is 2.70 bits per heavy atom. The Balaban J connectivity index is 0.00000180. The molecule has 7 heteroatoms. The quantitative estimate of drug-likeness (QED) is 0.796. The molecular weight excluding hydrogens is 301 g/mol. The van der Waals surface area contributed by atoms with E-state index in [1.165, 1.54) is 0 Å². The first kappa shape index (κ1) is 19.9. The molecule has 0 spiro atoms. The van der Waals surface area contributed by atoms with E-state index in [1.54, 1.807) is 0 Å². The third kappa shape index (κ3) is 6.14. The van der Waals surface area contributed by atoms with Crippen molar-refractivity contribution in [2.75, 3.05) is 45.9 Å². The summed E-state index contributed by atoms with van der Waals surface area (Å²) in [5.41, 5.74) is 0. The molecule has 2 atom stereocenters. The van der Waals surface area contributed by atoms with Gasteiger partial charge in [0, 0.05) is 32.2 Å². The second-order valence-electron chi connectivity index (χ2n) is 5.29. The Bertz CT molecular complexity index is 270. The molecule has 2 unspecified atom stereocenters. The van der Waals surface area contributed by atoms with Crippen LogP contribution in [0.5, 0.6) is 0 Å². The molecule has 0 aromatic carbocycles. The number of nitrogens with one attached hydrogen (secondary N) is 2. The predicted molar refractivity (Wildman–Crippen MR) is 85.0 cm³/mol. The third-order valence-corrected chi connectivity index (χ3v) is 3.91. The van der Waals surface area contributed by atoms with Gasteiger partial charge in [0.05, 0.1) is 19.1 Å². The Morgan fingerprint density at radius 1 is 1.40 bits per heavy atom. The summed E-state index contributed by atoms with van der Waals surface area (Å²) in [7, 11) is 0. The summed E-state index contributed by atoms with van der Waals surface area (Å²) >= 11 is 0. The van der Waals surface area contributed by atoms with Gasteiger partial charge in [-0.2, -0.15) is 0 Å². The minimum absolute atomic E-state index is 0. The molecule has 2 heterocycles. The monoisotopic (exact) mass is 327 g/mol. The van der Waals surface area contributed by atoms with Crippen LogP contribution in [0.2, 0.25) is 0 Å². The van der Waals surface area contributed by atoms with E-state index in [2.05, 4.69) is 22.5 Å². The van der Waals surface area contributed by atoms with Crippen LogP contribution in [0.15, 0.2) is 0 Å². The van der Waals surface area contributed by atoms with Crippen molar-refractivity contribution in [1.82, 2.24) is 15.5 Å². The van der Waals surface area contributed by atoms with Crippen molar-refractivity contribution in [2.45, 2.75) is 25.8 Å². The number of carbonyl (C=O) groups excluding carboxylic acids is 1. The molecule has 0 saturated carbocycles. The van der Waals surface area contributed by atoms with E-state index in [-0.39, 0.29) is 36.6 Å². The average molecular weight is 328 g/mol. The van der Waals surface area contributed by atoms with Crippen molar-refractivity contribution in [1.29, 1.82) is 0 Å². The summed E-state index contributed by atoms with van der Waals surface area (Å²) in [6, 6.07) is 0.398. The number of hydrogen-bond acceptors (Lipinski definition) is 4. The molecule has 5 nitrogen and oxygen atoms in total. The lowest BCUT2D eigenvalue weighted by Crippen LogP contribution is -2.49. The largest absolute Gasteiger partial charge is 0.379 e. The first-order valence-electron chi connectivity index (χ1n) is 7.07. The Hall–Kier alpha value is -0.0700. The molecule has 0 aromatic rings. The maximum Gasteiger partial charge on any atom is 0.224 e. The Morgan fingerprint density at radius 2 is 2.10 bits per heavy atom. The fourth-order valence-corrected chi connectivity index (χ4v) is 2.62. The van der Waals surface area contributed by atoms with Gasteiger partial charge in [0.15, 0.2) is 0 Å². The highest BCUT2D eigenvalue weighted by molar-refractivity contribution is 5.85. The van der Waals surface area contributed by atoms with Gasteiger partial charge in [-0.05, 0) is 26.3 Å². The summed E-state index contributed by atoms with van der Waals surface area (Å²) in [6.45, 7) is 8.37. The highest BCUT2D eigenvalue weighted by Crippen LogP contribution is 2.10. The van der Waals surface area contributed by atoms with E-state index in [0.717, 1.165) is 58.8 Å². The molecule has 0 bridgehead atoms. The van der Waals surface area contributed by atoms with Crippen molar-refractivity contribution in [3.63, 3.8) is 0 Å². The Labute approximate surface area is 134 Å². The van der Waals surface area contributed by atoms with Crippen molar-refractivity contribution < 1.29 is 9.53 Å². The van der Waals surface area contributed by atoms with Crippen molar-refractivity contribution in [3.05, 3.63) is 0 Å². The van der Waals surface area contributed by atoms with Crippen LogP contribution in [-0.4, -0.2) is 62.8 Å². The summed E-state index contributed by atoms with van der Waals surface area (Å²) in [6.07, 6.45) is 2.13. The van der Waals surface area contributed by atoms with Crippen LogP contribution < -0.4 is 10.6 Å². The molecule has 20 heavy (non-hydrogen) atoms. The van der Waals surface area contributed by atoms with E-state index in [4.69, 9.17) is 4.74 Å². The third-order valence-electron chi connectivity index (χ3n) is 3.91. The minimum Gasteiger partial charge on any atom is -0.379 e. The maximum absolute atomic E-state index is 12.0. The highest BCUT2D eigenvalue weighted by atomic mass is 35.5. The smallest absolute Gasteiger partial charge is 0.224 e. The van der Waals surface area contributed by atoms with Crippen LogP contribution in [0.1, 0.15) is 19.8 Å². The van der Waals surface area contributed by atoms with Crippen LogP contribution in [0, 0.1) is 5.92 Å². The van der Waals surface area contributed by atoms with Crippen LogP contribution in [-0.2, 0) is 9.53 Å². The topological polar surface area (TPSA) is 53.6 Å². The zero-order chi connectivity index (χ0) is 12.8. The number of ether oxygens (including phenoxy) is 1. The fraction of sp³-hybridized carbons (Fsp3) is 0.923. The van der Waals surface area contributed by atoms with Gasteiger partial charge >= 0.3 is 0 Å². The normalized spacial score (nSPS) is 24.9. The molecule has 1 amide bonds. The van der Waals surface area contributed by atoms with Crippen LogP contribution >= 0.6 is 24.8 Å². The maximum atomic E-state index is 12.0. The molecule has 2 N–H and O–H groups in total. The van der Waals surface area contributed by atoms with E-state index >= 15 is 0 Å². The van der Waals surface area contributed by atoms with Gasteiger partial charge in [0.2, 0.25) is 5.91 Å². The first-order valence-corrected chi connectivity index (χ1v) is 7.07. The van der Waals surface area contributed by atoms with E-state index < -0.39 is 0 Å². The SMILES string of the molecule is CC(CNC(=O)C1CCCNC1)N1CCOCC1.Cl.Cl. The molecule has 2 saturated heterocycles. The molecule has 2 rings (SSSR count). The second kappa shape index (κ2) is 10.6. The molecule has 0 radical (unpaired) electrons. The summed E-state index contributed by atoms with van der Waals surface area (Å²) in [5.74, 6) is 0.373. The lowest BCUT2D eigenvalue weighted by molar-refractivity contribution is -0.125. The molecular formula is C13H27Cl2N3O2. The van der Waals surface area contributed by atoms with Crippen LogP contribution in [0.3, 0.4) is 0 Å². The van der Waals surface area contributed by atoms with Gasteiger partial charge in [-0.1, -0.05) is 0 Å². The van der Waals surface area contributed by atoms with Gasteiger partial charge in [-0.15, -0.1) is 24.8 Å². The first-order chi connectivity index (χ1) is 8.77. The number of halogens is 2. The van der Waals surface area contributed by atoms with E-state index in [0.29, 0.717) is 6.04 Å². The zero-order valence-corrected chi connectivity index (χ0v) is 13.7. The number of morpholine rings is 1. The minimum atomic E-state index is 0.